The lowest BCUT2D eigenvalue weighted by atomic mass is 10.2. The third kappa shape index (κ3) is 3.30. The first kappa shape index (κ1) is 13.5. The van der Waals surface area contributed by atoms with Gasteiger partial charge in [-0.15, -0.1) is 0 Å². The van der Waals surface area contributed by atoms with Crippen molar-refractivity contribution in [3.63, 3.8) is 0 Å². The summed E-state index contributed by atoms with van der Waals surface area (Å²) in [6.07, 6.45) is 5.51. The molecule has 0 amide bonds. The quantitative estimate of drug-likeness (QED) is 0.827. The highest BCUT2D eigenvalue weighted by Crippen LogP contribution is 2.18. The van der Waals surface area contributed by atoms with Gasteiger partial charge in [0.05, 0.1) is 18.1 Å². The fourth-order valence-electron chi connectivity index (χ4n) is 1.89. The second-order valence-corrected chi connectivity index (χ2v) is 4.18. The summed E-state index contributed by atoms with van der Waals surface area (Å²) in [5.74, 6) is 0.606. The fraction of sp³-hybridized carbons (Fsp3) is 0.200. The summed E-state index contributed by atoms with van der Waals surface area (Å²) in [5.41, 5.74) is 1.52. The molecule has 2 heterocycles. The number of hydrogen-bond acceptors (Lipinski definition) is 5. The first-order chi connectivity index (χ1) is 9.85. The molecule has 0 aliphatic carbocycles. The van der Waals surface area contributed by atoms with Crippen LogP contribution >= 0.6 is 0 Å². The lowest BCUT2D eigenvalue weighted by Crippen LogP contribution is -2.25. The third-order valence-electron chi connectivity index (χ3n) is 2.80. The maximum atomic E-state index is 9.16. The van der Waals surface area contributed by atoms with Crippen molar-refractivity contribution in [2.75, 3.05) is 11.4 Å². The van der Waals surface area contributed by atoms with Gasteiger partial charge in [-0.3, -0.25) is 4.98 Å². The van der Waals surface area contributed by atoms with Crippen LogP contribution in [0.4, 0.5) is 5.82 Å². The average Bonchev–Trinajstić information content (AvgIpc) is 2.52. The SMILES string of the molecule is N#CCCN(Cc1cccnc1)c1ncccc1C#N. The molecule has 0 unspecified atom stereocenters. The number of hydrogen-bond donors (Lipinski definition) is 0. The van der Waals surface area contributed by atoms with E-state index in [1.54, 1.807) is 30.7 Å². The molecule has 0 N–H and O–H groups in total. The van der Waals surface area contributed by atoms with Crippen molar-refractivity contribution in [2.45, 2.75) is 13.0 Å². The van der Waals surface area contributed by atoms with Gasteiger partial charge >= 0.3 is 0 Å². The van der Waals surface area contributed by atoms with Gasteiger partial charge in [0.15, 0.2) is 0 Å². The summed E-state index contributed by atoms with van der Waals surface area (Å²) >= 11 is 0. The molecule has 98 valence electrons. The molecule has 0 spiro atoms. The zero-order valence-corrected chi connectivity index (χ0v) is 10.9. The van der Waals surface area contributed by atoms with Gasteiger partial charge < -0.3 is 4.90 Å². The minimum absolute atomic E-state index is 0.377. The molecule has 2 aromatic rings. The highest BCUT2D eigenvalue weighted by molar-refractivity contribution is 5.53. The van der Waals surface area contributed by atoms with Crippen LogP contribution in [0.1, 0.15) is 17.5 Å². The van der Waals surface area contributed by atoms with Crippen LogP contribution in [0.25, 0.3) is 0 Å². The van der Waals surface area contributed by atoms with Crippen LogP contribution in [0.3, 0.4) is 0 Å². The van der Waals surface area contributed by atoms with Gasteiger partial charge in [-0.05, 0) is 23.8 Å². The van der Waals surface area contributed by atoms with E-state index in [1.165, 1.54) is 0 Å². The van der Waals surface area contributed by atoms with E-state index in [1.807, 2.05) is 17.0 Å². The summed E-state index contributed by atoms with van der Waals surface area (Å²) in [5, 5.41) is 17.9. The Morgan fingerprint density at radius 3 is 2.70 bits per heavy atom. The number of nitriles is 2. The van der Waals surface area contributed by atoms with Crippen molar-refractivity contribution >= 4 is 5.82 Å². The van der Waals surface area contributed by atoms with Gasteiger partial charge in [-0.1, -0.05) is 6.07 Å². The maximum absolute atomic E-state index is 9.16. The van der Waals surface area contributed by atoms with Gasteiger partial charge in [0.2, 0.25) is 0 Å². The zero-order chi connectivity index (χ0) is 14.2. The molecule has 5 nitrogen and oxygen atoms in total. The van der Waals surface area contributed by atoms with Crippen molar-refractivity contribution in [2.24, 2.45) is 0 Å². The average molecular weight is 263 g/mol. The standard InChI is InChI=1S/C15H13N5/c16-6-3-9-20(12-13-4-1-7-18-11-13)15-14(10-17)5-2-8-19-15/h1-2,4-5,7-8,11H,3,9,12H2. The molecule has 5 heteroatoms. The Labute approximate surface area is 117 Å². The highest BCUT2D eigenvalue weighted by Gasteiger charge is 2.12. The number of aromatic nitrogens is 2. The number of pyridine rings is 2. The molecule has 0 fully saturated rings. The second-order valence-electron chi connectivity index (χ2n) is 4.18. The minimum Gasteiger partial charge on any atom is -0.350 e. The fourth-order valence-corrected chi connectivity index (χ4v) is 1.89. The van der Waals surface area contributed by atoms with Crippen molar-refractivity contribution < 1.29 is 0 Å². The number of nitrogens with zero attached hydrogens (tertiary/aromatic N) is 5. The van der Waals surface area contributed by atoms with E-state index in [9.17, 15) is 0 Å². The lowest BCUT2D eigenvalue weighted by Gasteiger charge is -2.23. The molecule has 0 aliphatic heterocycles. The van der Waals surface area contributed by atoms with Crippen LogP contribution in [-0.4, -0.2) is 16.5 Å². The van der Waals surface area contributed by atoms with E-state index >= 15 is 0 Å². The van der Waals surface area contributed by atoms with Crippen LogP contribution in [0.2, 0.25) is 0 Å². The largest absolute Gasteiger partial charge is 0.350 e. The van der Waals surface area contributed by atoms with Crippen molar-refractivity contribution in [3.05, 3.63) is 54.0 Å². The maximum Gasteiger partial charge on any atom is 0.146 e. The Balaban J connectivity index is 2.28. The molecular weight excluding hydrogens is 250 g/mol. The summed E-state index contributed by atoms with van der Waals surface area (Å²) in [6, 6.07) is 11.5. The van der Waals surface area contributed by atoms with Gasteiger partial charge in [0.1, 0.15) is 11.9 Å². The summed E-state index contributed by atoms with van der Waals surface area (Å²) in [4.78, 5) is 10.3. The first-order valence-electron chi connectivity index (χ1n) is 6.21. The second kappa shape index (κ2) is 6.86. The van der Waals surface area contributed by atoms with Gasteiger partial charge in [0, 0.05) is 31.7 Å². The van der Waals surface area contributed by atoms with E-state index in [0.717, 1.165) is 5.56 Å². The van der Waals surface area contributed by atoms with E-state index in [2.05, 4.69) is 22.1 Å². The summed E-state index contributed by atoms with van der Waals surface area (Å²) in [6.45, 7) is 1.10. The predicted octanol–water partition coefficient (Wildman–Crippen LogP) is 2.27. The Hall–Kier alpha value is -2.92. The van der Waals surface area contributed by atoms with Gasteiger partial charge in [-0.2, -0.15) is 10.5 Å². The molecule has 0 aromatic carbocycles. The number of anilines is 1. The zero-order valence-electron chi connectivity index (χ0n) is 10.9. The van der Waals surface area contributed by atoms with Crippen molar-refractivity contribution in [3.8, 4) is 12.1 Å². The minimum atomic E-state index is 0.377. The topological polar surface area (TPSA) is 76.6 Å². The Bertz CT molecular complexity index is 639. The predicted molar refractivity (Wildman–Crippen MR) is 74.5 cm³/mol. The van der Waals surface area contributed by atoms with Gasteiger partial charge in [-0.25, -0.2) is 4.98 Å². The number of rotatable bonds is 5. The lowest BCUT2D eigenvalue weighted by molar-refractivity contribution is 0.779. The van der Waals surface area contributed by atoms with Crippen LogP contribution < -0.4 is 4.90 Å². The van der Waals surface area contributed by atoms with Crippen molar-refractivity contribution in [1.82, 2.24) is 9.97 Å². The summed E-state index contributed by atoms with van der Waals surface area (Å²) in [7, 11) is 0. The Kier molecular flexibility index (Phi) is 4.64. The molecule has 2 rings (SSSR count). The smallest absolute Gasteiger partial charge is 0.146 e. The third-order valence-corrected chi connectivity index (χ3v) is 2.80. The first-order valence-corrected chi connectivity index (χ1v) is 6.21. The Morgan fingerprint density at radius 2 is 2.00 bits per heavy atom. The molecule has 0 radical (unpaired) electrons. The molecule has 0 saturated heterocycles. The van der Waals surface area contributed by atoms with Crippen LogP contribution in [-0.2, 0) is 6.54 Å². The Morgan fingerprint density at radius 1 is 1.15 bits per heavy atom. The molecule has 0 bridgehead atoms. The molecular formula is C15H13N5. The highest BCUT2D eigenvalue weighted by atomic mass is 15.2. The molecule has 2 aromatic heterocycles. The molecule has 0 atom stereocenters. The summed E-state index contributed by atoms with van der Waals surface area (Å²) < 4.78 is 0. The van der Waals surface area contributed by atoms with Crippen molar-refractivity contribution in [1.29, 1.82) is 10.5 Å². The molecule has 0 saturated carbocycles. The van der Waals surface area contributed by atoms with Crippen LogP contribution in [0, 0.1) is 22.7 Å². The van der Waals surface area contributed by atoms with E-state index < -0.39 is 0 Å². The molecule has 20 heavy (non-hydrogen) atoms. The molecule has 0 aliphatic rings. The van der Waals surface area contributed by atoms with Crippen LogP contribution in [0.15, 0.2) is 42.9 Å². The van der Waals surface area contributed by atoms with Crippen LogP contribution in [0.5, 0.6) is 0 Å². The van der Waals surface area contributed by atoms with E-state index in [4.69, 9.17) is 10.5 Å². The normalized spacial score (nSPS) is 9.50. The monoisotopic (exact) mass is 263 g/mol. The van der Waals surface area contributed by atoms with Gasteiger partial charge in [0.25, 0.3) is 0 Å². The van der Waals surface area contributed by atoms with E-state index in [-0.39, 0.29) is 0 Å². The van der Waals surface area contributed by atoms with E-state index in [0.29, 0.717) is 30.9 Å².